The van der Waals surface area contributed by atoms with Crippen molar-refractivity contribution in [2.24, 2.45) is 0 Å². The van der Waals surface area contributed by atoms with Crippen molar-refractivity contribution in [1.29, 1.82) is 0 Å². The molecule has 0 fully saturated rings. The minimum absolute atomic E-state index is 0.630. The van der Waals surface area contributed by atoms with Crippen LogP contribution in [0.4, 0.5) is 0 Å². The lowest BCUT2D eigenvalue weighted by molar-refractivity contribution is 0.674. The van der Waals surface area contributed by atoms with Crippen LogP contribution in [0.15, 0.2) is 138 Å². The molecule has 0 aliphatic rings. The van der Waals surface area contributed by atoms with Gasteiger partial charge in [0.25, 0.3) is 0 Å². The number of nitrogens with zero attached hydrogens (tertiary/aromatic N) is 4. The van der Waals surface area contributed by atoms with E-state index in [1.165, 1.54) is 38.4 Å². The van der Waals surface area contributed by atoms with E-state index < -0.39 is 0 Å². The molecule has 3 heterocycles. The van der Waals surface area contributed by atoms with E-state index in [1.54, 1.807) is 0 Å². The van der Waals surface area contributed by atoms with Gasteiger partial charge in [-0.1, -0.05) is 143 Å². The van der Waals surface area contributed by atoms with Crippen LogP contribution in [0.3, 0.4) is 0 Å². The summed E-state index contributed by atoms with van der Waals surface area (Å²) in [4.78, 5) is 15.5. The maximum absolute atomic E-state index is 7.04. The first-order valence-corrected chi connectivity index (χ1v) is 19.2. The molecule has 0 amide bonds. The summed E-state index contributed by atoms with van der Waals surface area (Å²) in [5.41, 5.74) is 17.4. The van der Waals surface area contributed by atoms with E-state index in [2.05, 4.69) is 161 Å². The van der Waals surface area contributed by atoms with Gasteiger partial charge in [-0.05, 0) is 34.8 Å². The molecule has 10 aromatic rings. The highest BCUT2D eigenvalue weighted by molar-refractivity contribution is 6.64. The maximum Gasteiger partial charge on any atom is 0.164 e. The molecule has 11 heteroatoms. The first-order valence-electron chi connectivity index (χ1n) is 19.2. The SMILES string of the molecule is Bc1c(-n2c3ccccc3c3ccccc32)c(B)c2c(oc3c(B)c(-c4nc(-c5ccccc5)nc(-c5cccc(-c6ccccc6)c5)n4)c(B)c(B)c32)c1B. The molecule has 56 heavy (non-hydrogen) atoms. The molecule has 0 saturated carbocycles. The summed E-state index contributed by atoms with van der Waals surface area (Å²) in [5.74, 6) is 1.90. The molecule has 0 atom stereocenters. The van der Waals surface area contributed by atoms with Crippen LogP contribution in [0.1, 0.15) is 0 Å². The highest BCUT2D eigenvalue weighted by atomic mass is 16.3. The molecule has 10 rings (SSSR count). The van der Waals surface area contributed by atoms with Crippen LogP contribution < -0.4 is 32.8 Å². The lowest BCUT2D eigenvalue weighted by Crippen LogP contribution is -2.37. The quantitative estimate of drug-likeness (QED) is 0.251. The average Bonchev–Trinajstić information content (AvgIpc) is 3.81. The van der Waals surface area contributed by atoms with Gasteiger partial charge in [0.2, 0.25) is 0 Å². The molecule has 0 aliphatic carbocycles. The Morgan fingerprint density at radius 1 is 0.393 bits per heavy atom. The molecular formula is C45H34B6N4O. The molecule has 0 unspecified atom stereocenters. The van der Waals surface area contributed by atoms with Gasteiger partial charge < -0.3 is 8.98 Å². The number of hydrogen-bond acceptors (Lipinski definition) is 4. The fourth-order valence-corrected chi connectivity index (χ4v) is 8.83. The van der Waals surface area contributed by atoms with Crippen LogP contribution in [0.5, 0.6) is 0 Å². The predicted octanol–water partition coefficient (Wildman–Crippen LogP) is 1.09. The summed E-state index contributed by atoms with van der Waals surface area (Å²) < 4.78 is 9.49. The summed E-state index contributed by atoms with van der Waals surface area (Å²) in [6, 6.07) is 46.5. The Labute approximate surface area is 330 Å². The van der Waals surface area contributed by atoms with Crippen LogP contribution in [-0.4, -0.2) is 66.6 Å². The molecule has 258 valence electrons. The average molecular weight is 712 g/mol. The van der Waals surface area contributed by atoms with E-state index in [4.69, 9.17) is 19.4 Å². The number of fused-ring (bicyclic) bond motifs is 6. The van der Waals surface area contributed by atoms with Crippen LogP contribution in [0.2, 0.25) is 0 Å². The Hall–Kier alpha value is -6.46. The topological polar surface area (TPSA) is 56.7 Å². The standard InChI is InChI=1S/C45H34B6N4O/c46-34-31-32-36(48)40(55-29-20-9-7-18-27(29)28-19-8-10-21-30(28)55)38(50)39(51)42(32)56-41(31)37(49)33(35(34)47)45-53-43(24-14-5-2-6-15-24)52-44(54-45)26-17-11-16-25(22-26)23-12-3-1-4-13-23/h1-22H,46-51H2. The summed E-state index contributed by atoms with van der Waals surface area (Å²) in [5, 5.41) is 4.81. The minimum Gasteiger partial charge on any atom is -0.457 e. The predicted molar refractivity (Wildman–Crippen MR) is 252 cm³/mol. The molecule has 7 aromatic carbocycles. The maximum atomic E-state index is 7.04. The summed E-state index contributed by atoms with van der Waals surface area (Å²) in [6.45, 7) is 0. The fraction of sp³-hybridized carbons (Fsp3) is 0. The van der Waals surface area contributed by atoms with Crippen molar-refractivity contribution in [2.45, 2.75) is 0 Å². The number of rotatable bonds is 5. The first-order chi connectivity index (χ1) is 27.3. The summed E-state index contributed by atoms with van der Waals surface area (Å²) in [7, 11) is 13.3. The Bertz CT molecular complexity index is 3160. The van der Waals surface area contributed by atoms with Crippen LogP contribution in [0.25, 0.3) is 94.7 Å². The number of furan rings is 1. The van der Waals surface area contributed by atoms with Gasteiger partial charge in [0.15, 0.2) is 17.5 Å². The minimum atomic E-state index is 0.630. The molecule has 0 radical (unpaired) electrons. The van der Waals surface area contributed by atoms with Crippen molar-refractivity contribution in [3.8, 4) is 51.0 Å². The van der Waals surface area contributed by atoms with Crippen molar-refractivity contribution in [3.63, 3.8) is 0 Å². The molecular weight excluding hydrogens is 677 g/mol. The number of para-hydroxylation sites is 2. The smallest absolute Gasteiger partial charge is 0.164 e. The van der Waals surface area contributed by atoms with Crippen LogP contribution in [0, 0.1) is 0 Å². The molecule has 0 spiro atoms. The largest absolute Gasteiger partial charge is 0.457 e. The second-order valence-corrected chi connectivity index (χ2v) is 15.0. The van der Waals surface area contributed by atoms with Crippen molar-refractivity contribution < 1.29 is 4.42 Å². The van der Waals surface area contributed by atoms with Gasteiger partial charge in [-0.3, -0.25) is 0 Å². The van der Waals surface area contributed by atoms with E-state index in [9.17, 15) is 0 Å². The Balaban J connectivity index is 1.23. The highest BCUT2D eigenvalue weighted by Gasteiger charge is 2.26. The summed E-state index contributed by atoms with van der Waals surface area (Å²) in [6.07, 6.45) is 0. The monoisotopic (exact) mass is 712 g/mol. The highest BCUT2D eigenvalue weighted by Crippen LogP contribution is 2.33. The molecule has 3 aromatic heterocycles. The van der Waals surface area contributed by atoms with Crippen molar-refractivity contribution in [1.82, 2.24) is 19.5 Å². The number of benzene rings is 7. The third-order valence-corrected chi connectivity index (χ3v) is 11.8. The Kier molecular flexibility index (Phi) is 7.96. The van der Waals surface area contributed by atoms with Gasteiger partial charge in [-0.25, -0.2) is 15.0 Å². The van der Waals surface area contributed by atoms with Crippen molar-refractivity contribution >= 4 is 124 Å². The lowest BCUT2D eigenvalue weighted by atomic mass is 9.68. The normalized spacial score (nSPS) is 11.6. The van der Waals surface area contributed by atoms with Gasteiger partial charge in [-0.2, -0.15) is 0 Å². The Morgan fingerprint density at radius 3 is 1.55 bits per heavy atom. The van der Waals surface area contributed by atoms with E-state index in [-0.39, 0.29) is 0 Å². The number of aromatic nitrogens is 4. The van der Waals surface area contributed by atoms with Gasteiger partial charge in [-0.15, -0.1) is 0 Å². The molecule has 0 N–H and O–H groups in total. The van der Waals surface area contributed by atoms with Crippen molar-refractivity contribution in [2.75, 3.05) is 0 Å². The van der Waals surface area contributed by atoms with Gasteiger partial charge in [0.1, 0.15) is 58.2 Å². The Morgan fingerprint density at radius 2 is 0.893 bits per heavy atom. The molecule has 0 saturated heterocycles. The van der Waals surface area contributed by atoms with E-state index in [1.807, 2.05) is 24.3 Å². The zero-order chi connectivity index (χ0) is 38.2. The van der Waals surface area contributed by atoms with Gasteiger partial charge in [0, 0.05) is 43.9 Å². The van der Waals surface area contributed by atoms with E-state index >= 15 is 0 Å². The van der Waals surface area contributed by atoms with Crippen LogP contribution in [-0.2, 0) is 0 Å². The van der Waals surface area contributed by atoms with E-state index in [0.717, 1.165) is 71.6 Å². The third-order valence-electron chi connectivity index (χ3n) is 11.8. The second kappa shape index (κ2) is 13.1. The summed E-state index contributed by atoms with van der Waals surface area (Å²) >= 11 is 0. The molecule has 5 nitrogen and oxygen atoms in total. The third kappa shape index (κ3) is 5.14. The fourth-order valence-electron chi connectivity index (χ4n) is 8.83. The lowest BCUT2D eigenvalue weighted by Gasteiger charge is -2.19. The van der Waals surface area contributed by atoms with E-state index in [0.29, 0.717) is 17.5 Å². The van der Waals surface area contributed by atoms with Gasteiger partial charge >= 0.3 is 0 Å². The molecule has 0 aliphatic heterocycles. The second-order valence-electron chi connectivity index (χ2n) is 15.0. The number of hydrogen-bond donors (Lipinski definition) is 0. The van der Waals surface area contributed by atoms with Crippen LogP contribution >= 0.6 is 0 Å². The zero-order valence-corrected chi connectivity index (χ0v) is 32.4. The molecule has 0 bridgehead atoms. The van der Waals surface area contributed by atoms with Crippen molar-refractivity contribution in [3.05, 3.63) is 133 Å². The first kappa shape index (κ1) is 34.1. The zero-order valence-electron chi connectivity index (χ0n) is 32.4. The van der Waals surface area contributed by atoms with Gasteiger partial charge in [0.05, 0.1) is 11.0 Å².